The van der Waals surface area contributed by atoms with Crippen molar-refractivity contribution < 1.29 is 9.00 Å². The van der Waals surface area contributed by atoms with Crippen molar-refractivity contribution in [3.05, 3.63) is 42.5 Å². The molecule has 2 nitrogen and oxygen atoms in total. The molecule has 0 aliphatic carbocycles. The van der Waals surface area contributed by atoms with E-state index in [0.717, 1.165) is 23.1 Å². The van der Waals surface area contributed by atoms with E-state index >= 15 is 0 Å². The van der Waals surface area contributed by atoms with E-state index in [9.17, 15) is 9.00 Å². The predicted molar refractivity (Wildman–Crippen MR) is 79.8 cm³/mol. The topological polar surface area (TPSA) is 34.1 Å². The van der Waals surface area contributed by atoms with Crippen LogP contribution >= 0.6 is 0 Å². The molecule has 0 saturated heterocycles. The van der Waals surface area contributed by atoms with Crippen LogP contribution in [0.5, 0.6) is 0 Å². The van der Waals surface area contributed by atoms with Crippen LogP contribution in [0, 0.1) is 0 Å². The molecule has 0 saturated carbocycles. The second kappa shape index (κ2) is 6.62. The Labute approximate surface area is 116 Å². The van der Waals surface area contributed by atoms with Gasteiger partial charge in [-0.3, -0.25) is 4.21 Å². The Hall–Kier alpha value is -1.48. The highest BCUT2D eigenvalue weighted by Crippen LogP contribution is 2.18. The lowest BCUT2D eigenvalue weighted by molar-refractivity contribution is -0.117. The molecular weight excluding hydrogens is 256 g/mol. The predicted octanol–water partition coefficient (Wildman–Crippen LogP) is 3.71. The molecule has 0 N–H and O–H groups in total. The van der Waals surface area contributed by atoms with Gasteiger partial charge in [0.25, 0.3) is 0 Å². The van der Waals surface area contributed by atoms with E-state index in [1.165, 1.54) is 5.39 Å². The molecule has 0 amide bonds. The zero-order valence-electron chi connectivity index (χ0n) is 11.1. The van der Waals surface area contributed by atoms with E-state index < -0.39 is 10.8 Å². The number of carbonyl (C=O) groups is 1. The van der Waals surface area contributed by atoms with Gasteiger partial charge in [0.1, 0.15) is 5.78 Å². The molecule has 0 fully saturated rings. The van der Waals surface area contributed by atoms with Crippen molar-refractivity contribution in [2.24, 2.45) is 0 Å². The van der Waals surface area contributed by atoms with Gasteiger partial charge in [0.2, 0.25) is 0 Å². The fraction of sp³-hybridized carbons (Fsp3) is 0.312. The first-order chi connectivity index (χ1) is 9.16. The molecule has 2 rings (SSSR count). The average molecular weight is 274 g/mol. The number of hydrogen-bond acceptors (Lipinski definition) is 2. The molecule has 3 heteroatoms. The van der Waals surface area contributed by atoms with Gasteiger partial charge in [-0.2, -0.15) is 0 Å². The van der Waals surface area contributed by atoms with Crippen LogP contribution in [-0.2, 0) is 15.6 Å². The van der Waals surface area contributed by atoms with Crippen molar-refractivity contribution >= 4 is 27.4 Å². The minimum atomic E-state index is -0.965. The number of ketones is 1. The maximum Gasteiger partial charge on any atom is 0.129 e. The first-order valence-corrected chi connectivity index (χ1v) is 7.85. The summed E-state index contributed by atoms with van der Waals surface area (Å²) in [6.45, 7) is 1.60. The first-order valence-electron chi connectivity index (χ1n) is 6.53. The van der Waals surface area contributed by atoms with Crippen LogP contribution in [0.4, 0.5) is 0 Å². The van der Waals surface area contributed by atoms with Crippen LogP contribution < -0.4 is 0 Å². The van der Waals surface area contributed by atoms with Gasteiger partial charge in [-0.15, -0.1) is 0 Å². The Morgan fingerprint density at radius 2 is 1.79 bits per heavy atom. The van der Waals surface area contributed by atoms with E-state index in [1.54, 1.807) is 6.92 Å². The largest absolute Gasteiger partial charge is 0.300 e. The average Bonchev–Trinajstić information content (AvgIpc) is 2.42. The Morgan fingerprint density at radius 1 is 1.05 bits per heavy atom. The maximum absolute atomic E-state index is 12.2. The number of unbranched alkanes of at least 4 members (excludes halogenated alkanes) is 1. The van der Waals surface area contributed by atoms with Crippen LogP contribution in [0.3, 0.4) is 0 Å². The van der Waals surface area contributed by atoms with Crippen LogP contribution in [-0.4, -0.2) is 15.7 Å². The third-order valence-electron chi connectivity index (χ3n) is 3.09. The highest BCUT2D eigenvalue weighted by Gasteiger charge is 2.05. The Bertz CT molecular complexity index is 604. The minimum Gasteiger partial charge on any atom is -0.300 e. The zero-order valence-corrected chi connectivity index (χ0v) is 11.9. The molecule has 0 heterocycles. The summed E-state index contributed by atoms with van der Waals surface area (Å²) in [6.07, 6.45) is 2.25. The van der Waals surface area contributed by atoms with Crippen LogP contribution in [0.1, 0.15) is 26.2 Å². The summed E-state index contributed by atoms with van der Waals surface area (Å²) in [5, 5.41) is 2.29. The molecule has 100 valence electrons. The third kappa shape index (κ3) is 4.00. The molecule has 0 aliphatic heterocycles. The number of Topliss-reactive ketones (excluding diaryl/α,β-unsaturated/α-hetero) is 1. The van der Waals surface area contributed by atoms with Gasteiger partial charge >= 0.3 is 0 Å². The summed E-state index contributed by atoms with van der Waals surface area (Å²) >= 11 is 0. The van der Waals surface area contributed by atoms with E-state index in [1.807, 2.05) is 36.4 Å². The fourth-order valence-electron chi connectivity index (χ4n) is 2.03. The Morgan fingerprint density at radius 3 is 2.53 bits per heavy atom. The summed E-state index contributed by atoms with van der Waals surface area (Å²) < 4.78 is 12.2. The van der Waals surface area contributed by atoms with Crippen molar-refractivity contribution in [3.63, 3.8) is 0 Å². The lowest BCUT2D eigenvalue weighted by atomic mass is 10.1. The molecule has 0 radical (unpaired) electrons. The van der Waals surface area contributed by atoms with E-state index in [-0.39, 0.29) is 5.78 Å². The number of carbonyl (C=O) groups excluding carboxylic acids is 1. The third-order valence-corrected chi connectivity index (χ3v) is 4.53. The first kappa shape index (κ1) is 13.9. The van der Waals surface area contributed by atoms with Gasteiger partial charge in [-0.1, -0.05) is 30.3 Å². The minimum absolute atomic E-state index is 0.205. The van der Waals surface area contributed by atoms with Crippen molar-refractivity contribution in [1.82, 2.24) is 0 Å². The standard InChI is InChI=1S/C16H18O2S/c1-13(17)6-4-5-11-19(18)16-10-9-14-7-2-3-8-15(14)12-16/h2-3,7-10,12H,4-6,11H2,1H3. The van der Waals surface area contributed by atoms with Gasteiger partial charge < -0.3 is 4.79 Å². The van der Waals surface area contributed by atoms with E-state index in [4.69, 9.17) is 0 Å². The molecular formula is C16H18O2S. The lowest BCUT2D eigenvalue weighted by Crippen LogP contribution is -1.99. The van der Waals surface area contributed by atoms with Crippen molar-refractivity contribution in [2.45, 2.75) is 31.1 Å². The molecule has 19 heavy (non-hydrogen) atoms. The summed E-state index contributed by atoms with van der Waals surface area (Å²) in [4.78, 5) is 11.7. The number of benzene rings is 2. The summed E-state index contributed by atoms with van der Waals surface area (Å²) in [5.41, 5.74) is 0. The summed E-state index contributed by atoms with van der Waals surface area (Å²) in [7, 11) is -0.965. The van der Waals surface area contributed by atoms with Gasteiger partial charge in [0.05, 0.1) is 10.8 Å². The molecule has 0 bridgehead atoms. The molecule has 1 unspecified atom stereocenters. The van der Waals surface area contributed by atoms with Crippen LogP contribution in [0.15, 0.2) is 47.4 Å². The van der Waals surface area contributed by atoms with Crippen LogP contribution in [0.25, 0.3) is 10.8 Å². The van der Waals surface area contributed by atoms with Gasteiger partial charge in [0.15, 0.2) is 0 Å². The Kier molecular flexibility index (Phi) is 4.86. The molecule has 0 aliphatic rings. The summed E-state index contributed by atoms with van der Waals surface area (Å²) in [6, 6.07) is 14.0. The molecule has 1 atom stereocenters. The van der Waals surface area contributed by atoms with Gasteiger partial charge in [0, 0.05) is 17.1 Å². The quantitative estimate of drug-likeness (QED) is 0.753. The summed E-state index contributed by atoms with van der Waals surface area (Å²) in [5.74, 6) is 0.836. The lowest BCUT2D eigenvalue weighted by Gasteiger charge is -2.04. The highest BCUT2D eigenvalue weighted by atomic mass is 32.2. The SMILES string of the molecule is CC(=O)CCCCS(=O)c1ccc2ccccc2c1. The highest BCUT2D eigenvalue weighted by molar-refractivity contribution is 7.85. The van der Waals surface area contributed by atoms with Gasteiger partial charge in [-0.25, -0.2) is 0 Å². The van der Waals surface area contributed by atoms with Crippen molar-refractivity contribution in [1.29, 1.82) is 0 Å². The van der Waals surface area contributed by atoms with Crippen molar-refractivity contribution in [3.8, 4) is 0 Å². The number of hydrogen-bond donors (Lipinski definition) is 0. The second-order valence-corrected chi connectivity index (χ2v) is 6.29. The fourth-order valence-corrected chi connectivity index (χ4v) is 3.21. The molecule has 2 aromatic rings. The maximum atomic E-state index is 12.2. The Balaban J connectivity index is 1.99. The van der Waals surface area contributed by atoms with E-state index in [0.29, 0.717) is 12.2 Å². The number of fused-ring (bicyclic) bond motifs is 1. The molecule has 0 spiro atoms. The molecule has 0 aromatic heterocycles. The second-order valence-electron chi connectivity index (χ2n) is 4.72. The van der Waals surface area contributed by atoms with Gasteiger partial charge in [-0.05, 0) is 42.7 Å². The number of rotatable bonds is 6. The smallest absolute Gasteiger partial charge is 0.129 e. The van der Waals surface area contributed by atoms with Crippen LogP contribution in [0.2, 0.25) is 0 Å². The van der Waals surface area contributed by atoms with Crippen molar-refractivity contribution in [2.75, 3.05) is 5.75 Å². The zero-order chi connectivity index (χ0) is 13.7. The monoisotopic (exact) mass is 274 g/mol. The molecule has 2 aromatic carbocycles. The normalized spacial score (nSPS) is 12.5. The van der Waals surface area contributed by atoms with E-state index in [2.05, 4.69) is 6.07 Å².